The van der Waals surface area contributed by atoms with E-state index in [0.29, 0.717) is 5.69 Å². The Morgan fingerprint density at radius 2 is 2.00 bits per heavy atom. The molecule has 1 aromatic carbocycles. The van der Waals surface area contributed by atoms with Crippen molar-refractivity contribution in [2.75, 3.05) is 12.4 Å². The summed E-state index contributed by atoms with van der Waals surface area (Å²) in [6, 6.07) is 13.0. The molecule has 1 saturated heterocycles. The predicted molar refractivity (Wildman–Crippen MR) is 82.9 cm³/mol. The van der Waals surface area contributed by atoms with Crippen LogP contribution in [-0.2, 0) is 9.59 Å². The average Bonchev–Trinajstić information content (AvgIpc) is 2.85. The van der Waals surface area contributed by atoms with Crippen LogP contribution in [0.4, 0.5) is 5.69 Å². The maximum absolute atomic E-state index is 12.6. The lowest BCUT2D eigenvalue weighted by atomic mass is 9.93. The molecule has 2 heterocycles. The first kappa shape index (κ1) is 14.3. The quantitative estimate of drug-likeness (QED) is 0.944. The van der Waals surface area contributed by atoms with Gasteiger partial charge in [0.15, 0.2) is 0 Å². The van der Waals surface area contributed by atoms with Gasteiger partial charge >= 0.3 is 0 Å². The van der Waals surface area contributed by atoms with E-state index in [2.05, 4.69) is 10.3 Å². The molecule has 0 aliphatic carbocycles. The number of carbonyl (C=O) groups excluding carboxylic acids is 2. The first-order valence-electron chi connectivity index (χ1n) is 7.18. The number of hydrogen-bond acceptors (Lipinski definition) is 3. The third-order valence-corrected chi connectivity index (χ3v) is 3.99. The third kappa shape index (κ3) is 2.70. The predicted octanol–water partition coefficient (Wildman–Crippen LogP) is 2.24. The van der Waals surface area contributed by atoms with Crippen LogP contribution in [0.1, 0.15) is 18.0 Å². The maximum Gasteiger partial charge on any atom is 0.230 e. The molecular formula is C17H17N3O2. The molecule has 0 unspecified atom stereocenters. The lowest BCUT2D eigenvalue weighted by molar-refractivity contribution is -0.127. The minimum absolute atomic E-state index is 0.0137. The van der Waals surface area contributed by atoms with Gasteiger partial charge in [-0.05, 0) is 17.7 Å². The van der Waals surface area contributed by atoms with Crippen LogP contribution in [0.5, 0.6) is 0 Å². The normalized spacial score (nSPS) is 21.0. The Morgan fingerprint density at radius 3 is 2.68 bits per heavy atom. The van der Waals surface area contributed by atoms with Crippen LogP contribution in [0.25, 0.3) is 0 Å². The summed E-state index contributed by atoms with van der Waals surface area (Å²) in [5.41, 5.74) is 1.61. The number of nitrogens with one attached hydrogen (secondary N) is 1. The molecule has 0 saturated carbocycles. The van der Waals surface area contributed by atoms with Crippen LogP contribution in [0.3, 0.4) is 0 Å². The van der Waals surface area contributed by atoms with E-state index < -0.39 is 5.92 Å². The molecule has 1 aliphatic rings. The highest BCUT2D eigenvalue weighted by atomic mass is 16.2. The van der Waals surface area contributed by atoms with Gasteiger partial charge in [0.25, 0.3) is 0 Å². The summed E-state index contributed by atoms with van der Waals surface area (Å²) in [6.45, 7) is 0. The highest BCUT2D eigenvalue weighted by Crippen LogP contribution is 2.37. The van der Waals surface area contributed by atoms with Gasteiger partial charge in [0.05, 0.1) is 23.8 Å². The van der Waals surface area contributed by atoms with Crippen molar-refractivity contribution >= 4 is 17.5 Å². The summed E-state index contributed by atoms with van der Waals surface area (Å²) in [6.07, 6.45) is 3.47. The third-order valence-electron chi connectivity index (χ3n) is 3.99. The minimum atomic E-state index is -0.403. The van der Waals surface area contributed by atoms with Gasteiger partial charge in [0, 0.05) is 19.7 Å². The molecule has 2 atom stereocenters. The number of hydrogen-bond donors (Lipinski definition) is 1. The molecule has 22 heavy (non-hydrogen) atoms. The Morgan fingerprint density at radius 1 is 1.23 bits per heavy atom. The van der Waals surface area contributed by atoms with Crippen LogP contribution < -0.4 is 5.32 Å². The zero-order valence-electron chi connectivity index (χ0n) is 12.3. The molecule has 3 rings (SSSR count). The fraction of sp³-hybridized carbons (Fsp3) is 0.235. The molecule has 0 radical (unpaired) electrons. The van der Waals surface area contributed by atoms with E-state index in [1.54, 1.807) is 36.5 Å². The SMILES string of the molecule is CN1C(=O)C[C@@H](C(=O)Nc2cccnc2)[C@H]1c1ccccc1. The number of benzene rings is 1. The molecule has 0 spiro atoms. The fourth-order valence-electron chi connectivity index (χ4n) is 2.88. The number of aromatic nitrogens is 1. The Bertz CT molecular complexity index is 673. The van der Waals surface area contributed by atoms with E-state index in [9.17, 15) is 9.59 Å². The monoisotopic (exact) mass is 295 g/mol. The molecule has 2 aromatic rings. The van der Waals surface area contributed by atoms with E-state index in [1.165, 1.54) is 0 Å². The maximum atomic E-state index is 12.6. The number of likely N-dealkylation sites (tertiary alicyclic amines) is 1. The summed E-state index contributed by atoms with van der Waals surface area (Å²) in [5.74, 6) is -0.570. The van der Waals surface area contributed by atoms with Crippen LogP contribution in [-0.4, -0.2) is 28.7 Å². The van der Waals surface area contributed by atoms with Crippen LogP contribution >= 0.6 is 0 Å². The van der Waals surface area contributed by atoms with E-state index in [-0.39, 0.29) is 24.3 Å². The summed E-state index contributed by atoms with van der Waals surface area (Å²) in [4.78, 5) is 30.3. The smallest absolute Gasteiger partial charge is 0.230 e. The van der Waals surface area contributed by atoms with Crippen molar-refractivity contribution in [2.24, 2.45) is 5.92 Å². The lowest BCUT2D eigenvalue weighted by Gasteiger charge is -2.24. The van der Waals surface area contributed by atoms with Crippen molar-refractivity contribution in [1.29, 1.82) is 0 Å². The fourth-order valence-corrected chi connectivity index (χ4v) is 2.88. The Balaban J connectivity index is 1.84. The molecule has 5 nitrogen and oxygen atoms in total. The van der Waals surface area contributed by atoms with Crippen LogP contribution in [0, 0.1) is 5.92 Å². The second kappa shape index (κ2) is 5.97. The summed E-state index contributed by atoms with van der Waals surface area (Å²) < 4.78 is 0. The van der Waals surface area contributed by atoms with Crippen molar-refractivity contribution in [3.63, 3.8) is 0 Å². The van der Waals surface area contributed by atoms with Gasteiger partial charge in [0.2, 0.25) is 11.8 Å². The Kier molecular flexibility index (Phi) is 3.87. The minimum Gasteiger partial charge on any atom is -0.338 e. The van der Waals surface area contributed by atoms with E-state index in [4.69, 9.17) is 0 Å². The van der Waals surface area contributed by atoms with Gasteiger partial charge in [-0.25, -0.2) is 0 Å². The van der Waals surface area contributed by atoms with Crippen molar-refractivity contribution in [1.82, 2.24) is 9.88 Å². The number of anilines is 1. The van der Waals surface area contributed by atoms with Crippen LogP contribution in [0.2, 0.25) is 0 Å². The molecule has 112 valence electrons. The topological polar surface area (TPSA) is 62.3 Å². The second-order valence-electron chi connectivity index (χ2n) is 5.40. The molecule has 1 fully saturated rings. The van der Waals surface area contributed by atoms with Crippen molar-refractivity contribution < 1.29 is 9.59 Å². The van der Waals surface area contributed by atoms with Gasteiger partial charge in [-0.2, -0.15) is 0 Å². The number of pyridine rings is 1. The number of nitrogens with zero attached hydrogens (tertiary/aromatic N) is 2. The number of rotatable bonds is 3. The van der Waals surface area contributed by atoms with E-state index in [1.807, 2.05) is 30.3 Å². The average molecular weight is 295 g/mol. The molecule has 1 aliphatic heterocycles. The molecule has 1 N–H and O–H groups in total. The van der Waals surface area contributed by atoms with Crippen molar-refractivity contribution in [3.8, 4) is 0 Å². The second-order valence-corrected chi connectivity index (χ2v) is 5.40. The van der Waals surface area contributed by atoms with Gasteiger partial charge in [0.1, 0.15) is 0 Å². The standard InChI is InChI=1S/C17H17N3O2/c1-20-15(21)10-14(16(20)12-6-3-2-4-7-12)17(22)19-13-8-5-9-18-11-13/h2-9,11,14,16H,10H2,1H3,(H,19,22)/t14-,16-/m1/s1. The highest BCUT2D eigenvalue weighted by molar-refractivity contribution is 5.97. The summed E-state index contributed by atoms with van der Waals surface area (Å²) >= 11 is 0. The molecule has 0 bridgehead atoms. The van der Waals surface area contributed by atoms with Crippen molar-refractivity contribution in [3.05, 3.63) is 60.4 Å². The first-order valence-corrected chi connectivity index (χ1v) is 7.18. The van der Waals surface area contributed by atoms with Crippen LogP contribution in [0.15, 0.2) is 54.9 Å². The lowest BCUT2D eigenvalue weighted by Crippen LogP contribution is -2.30. The summed E-state index contributed by atoms with van der Waals surface area (Å²) in [7, 11) is 1.75. The van der Waals surface area contributed by atoms with E-state index in [0.717, 1.165) is 5.56 Å². The van der Waals surface area contributed by atoms with Gasteiger partial charge in [-0.15, -0.1) is 0 Å². The zero-order valence-corrected chi connectivity index (χ0v) is 12.3. The van der Waals surface area contributed by atoms with Gasteiger partial charge in [-0.3, -0.25) is 14.6 Å². The first-order chi connectivity index (χ1) is 10.7. The van der Waals surface area contributed by atoms with Gasteiger partial charge in [-0.1, -0.05) is 30.3 Å². The molecular weight excluding hydrogens is 278 g/mol. The number of carbonyl (C=O) groups is 2. The highest BCUT2D eigenvalue weighted by Gasteiger charge is 2.42. The van der Waals surface area contributed by atoms with Gasteiger partial charge < -0.3 is 10.2 Å². The molecule has 1 aromatic heterocycles. The Labute approximate surface area is 129 Å². The van der Waals surface area contributed by atoms with Crippen molar-refractivity contribution in [2.45, 2.75) is 12.5 Å². The summed E-state index contributed by atoms with van der Waals surface area (Å²) in [5, 5.41) is 2.84. The molecule has 5 heteroatoms. The zero-order chi connectivity index (χ0) is 15.5. The van der Waals surface area contributed by atoms with E-state index >= 15 is 0 Å². The largest absolute Gasteiger partial charge is 0.338 e. The molecule has 2 amide bonds. The Hall–Kier alpha value is -2.69. The number of amides is 2.